The normalized spacial score (nSPS) is 24.7. The first-order chi connectivity index (χ1) is 8.79. The lowest BCUT2D eigenvalue weighted by Gasteiger charge is -2.37. The molecule has 0 spiro atoms. The Morgan fingerprint density at radius 1 is 1.26 bits per heavy atom. The van der Waals surface area contributed by atoms with Crippen LogP contribution in [-0.2, 0) is 6.54 Å². The van der Waals surface area contributed by atoms with Crippen LogP contribution >= 0.6 is 11.6 Å². The second-order valence-corrected chi connectivity index (χ2v) is 7.43. The number of anilines is 1. The van der Waals surface area contributed by atoms with Gasteiger partial charge in [0.25, 0.3) is 0 Å². The van der Waals surface area contributed by atoms with Gasteiger partial charge in [0.15, 0.2) is 0 Å². The summed E-state index contributed by atoms with van der Waals surface area (Å²) in [4.78, 5) is 0. The van der Waals surface area contributed by atoms with Crippen LogP contribution in [0, 0.1) is 24.2 Å². The van der Waals surface area contributed by atoms with Crippen molar-refractivity contribution in [2.45, 2.75) is 59.9 Å². The van der Waals surface area contributed by atoms with Crippen LogP contribution in [-0.4, -0.2) is 9.78 Å². The van der Waals surface area contributed by atoms with Gasteiger partial charge in [0, 0.05) is 6.54 Å². The van der Waals surface area contributed by atoms with Crippen LogP contribution in [0.25, 0.3) is 0 Å². The van der Waals surface area contributed by atoms with Gasteiger partial charge in [0.1, 0.15) is 10.8 Å². The first kappa shape index (κ1) is 14.7. The third-order valence-electron chi connectivity index (χ3n) is 4.59. The van der Waals surface area contributed by atoms with Gasteiger partial charge in [0.05, 0.1) is 5.69 Å². The van der Waals surface area contributed by atoms with Gasteiger partial charge in [-0.15, -0.1) is 0 Å². The molecule has 0 saturated heterocycles. The van der Waals surface area contributed by atoms with Crippen molar-refractivity contribution >= 4 is 17.4 Å². The molecule has 4 heteroatoms. The highest BCUT2D eigenvalue weighted by Crippen LogP contribution is 2.40. The average molecular weight is 284 g/mol. The Morgan fingerprint density at radius 3 is 2.26 bits per heavy atom. The van der Waals surface area contributed by atoms with Gasteiger partial charge in [-0.25, -0.2) is 4.68 Å². The maximum atomic E-state index is 6.09. The lowest BCUT2D eigenvalue weighted by Crippen LogP contribution is -2.27. The van der Waals surface area contributed by atoms with Crippen LogP contribution < -0.4 is 5.73 Å². The molecule has 1 aliphatic rings. The van der Waals surface area contributed by atoms with E-state index in [-0.39, 0.29) is 0 Å². The molecule has 1 saturated carbocycles. The fourth-order valence-electron chi connectivity index (χ4n) is 3.17. The van der Waals surface area contributed by atoms with Crippen LogP contribution in [0.15, 0.2) is 0 Å². The van der Waals surface area contributed by atoms with Crippen LogP contribution in [0.4, 0.5) is 5.82 Å². The van der Waals surface area contributed by atoms with Crippen LogP contribution in [0.3, 0.4) is 0 Å². The van der Waals surface area contributed by atoms with E-state index in [0.717, 1.165) is 18.2 Å². The maximum absolute atomic E-state index is 6.09. The van der Waals surface area contributed by atoms with Crippen molar-refractivity contribution < 1.29 is 0 Å². The third-order valence-corrected chi connectivity index (χ3v) is 5.06. The second-order valence-electron chi connectivity index (χ2n) is 7.05. The van der Waals surface area contributed by atoms with Gasteiger partial charge < -0.3 is 5.73 Å². The van der Waals surface area contributed by atoms with Crippen molar-refractivity contribution in [3.05, 3.63) is 10.7 Å². The molecule has 0 bridgehead atoms. The van der Waals surface area contributed by atoms with E-state index in [1.165, 1.54) is 25.7 Å². The van der Waals surface area contributed by atoms with E-state index in [1.807, 2.05) is 11.6 Å². The SMILES string of the molecule is Cc1nn(CC2CCC(C(C)(C)C)CC2)c(N)c1Cl. The molecule has 0 unspecified atom stereocenters. The topological polar surface area (TPSA) is 43.8 Å². The number of nitrogen functional groups attached to an aromatic ring is 1. The van der Waals surface area contributed by atoms with Gasteiger partial charge >= 0.3 is 0 Å². The molecule has 1 aromatic heterocycles. The van der Waals surface area contributed by atoms with Gasteiger partial charge in [-0.05, 0) is 49.9 Å². The predicted octanol–water partition coefficient (Wildman–Crippen LogP) is 4.28. The summed E-state index contributed by atoms with van der Waals surface area (Å²) in [6, 6.07) is 0. The van der Waals surface area contributed by atoms with Gasteiger partial charge in [-0.1, -0.05) is 32.4 Å². The third kappa shape index (κ3) is 3.25. The molecular weight excluding hydrogens is 258 g/mol. The molecule has 0 aromatic carbocycles. The molecule has 0 radical (unpaired) electrons. The van der Waals surface area contributed by atoms with Crippen molar-refractivity contribution in [1.82, 2.24) is 9.78 Å². The molecule has 19 heavy (non-hydrogen) atoms. The maximum Gasteiger partial charge on any atom is 0.140 e. The van der Waals surface area contributed by atoms with Crippen LogP contribution in [0.2, 0.25) is 5.02 Å². The summed E-state index contributed by atoms with van der Waals surface area (Å²) in [5, 5.41) is 5.05. The molecule has 0 atom stereocenters. The molecule has 3 nitrogen and oxygen atoms in total. The zero-order valence-electron chi connectivity index (χ0n) is 12.5. The Balaban J connectivity index is 1.94. The minimum absolute atomic E-state index is 0.440. The number of aryl methyl sites for hydroxylation is 1. The van der Waals surface area contributed by atoms with E-state index in [9.17, 15) is 0 Å². The number of nitrogens with zero attached hydrogens (tertiary/aromatic N) is 2. The summed E-state index contributed by atoms with van der Waals surface area (Å²) in [7, 11) is 0. The summed E-state index contributed by atoms with van der Waals surface area (Å²) in [5.74, 6) is 2.16. The monoisotopic (exact) mass is 283 g/mol. The fourth-order valence-corrected chi connectivity index (χ4v) is 3.31. The number of aromatic nitrogens is 2. The van der Waals surface area contributed by atoms with Crippen molar-refractivity contribution in [2.75, 3.05) is 5.73 Å². The van der Waals surface area contributed by atoms with Crippen molar-refractivity contribution in [3.8, 4) is 0 Å². The minimum Gasteiger partial charge on any atom is -0.383 e. The van der Waals surface area contributed by atoms with E-state index in [1.54, 1.807) is 0 Å². The Labute approximate surface area is 121 Å². The minimum atomic E-state index is 0.440. The van der Waals surface area contributed by atoms with E-state index >= 15 is 0 Å². The molecule has 1 aromatic rings. The van der Waals surface area contributed by atoms with Crippen LogP contribution in [0.1, 0.15) is 52.1 Å². The van der Waals surface area contributed by atoms with Gasteiger partial charge in [0.2, 0.25) is 0 Å². The summed E-state index contributed by atoms with van der Waals surface area (Å²) < 4.78 is 1.89. The van der Waals surface area contributed by atoms with Crippen molar-refractivity contribution in [3.63, 3.8) is 0 Å². The number of rotatable bonds is 2. The Kier molecular flexibility index (Phi) is 4.14. The Hall–Kier alpha value is -0.700. The zero-order chi connectivity index (χ0) is 14.2. The van der Waals surface area contributed by atoms with E-state index in [0.29, 0.717) is 22.2 Å². The zero-order valence-corrected chi connectivity index (χ0v) is 13.3. The molecule has 0 aliphatic heterocycles. The average Bonchev–Trinajstić information content (AvgIpc) is 2.57. The van der Waals surface area contributed by atoms with E-state index < -0.39 is 0 Å². The number of halogens is 1. The summed E-state index contributed by atoms with van der Waals surface area (Å²) in [6.07, 6.45) is 5.19. The lowest BCUT2D eigenvalue weighted by atomic mass is 9.70. The Morgan fingerprint density at radius 2 is 1.84 bits per heavy atom. The van der Waals surface area contributed by atoms with E-state index in [4.69, 9.17) is 17.3 Å². The molecule has 1 aliphatic carbocycles. The Bertz CT molecular complexity index is 437. The predicted molar refractivity (Wildman–Crippen MR) is 81.3 cm³/mol. The van der Waals surface area contributed by atoms with Gasteiger partial charge in [-0.3, -0.25) is 0 Å². The van der Waals surface area contributed by atoms with E-state index in [2.05, 4.69) is 25.9 Å². The number of nitrogens with two attached hydrogens (primary N) is 1. The molecule has 1 fully saturated rings. The fraction of sp³-hybridized carbons (Fsp3) is 0.800. The number of hydrogen-bond donors (Lipinski definition) is 1. The highest BCUT2D eigenvalue weighted by molar-refractivity contribution is 6.33. The lowest BCUT2D eigenvalue weighted by molar-refractivity contribution is 0.141. The first-order valence-electron chi connectivity index (χ1n) is 7.27. The molecular formula is C15H26ClN3. The molecule has 108 valence electrons. The smallest absolute Gasteiger partial charge is 0.140 e. The highest BCUT2D eigenvalue weighted by Gasteiger charge is 2.30. The molecule has 0 amide bonds. The largest absolute Gasteiger partial charge is 0.383 e. The summed E-state index contributed by atoms with van der Waals surface area (Å²) in [6.45, 7) is 9.88. The van der Waals surface area contributed by atoms with Crippen LogP contribution in [0.5, 0.6) is 0 Å². The summed E-state index contributed by atoms with van der Waals surface area (Å²) >= 11 is 6.09. The molecule has 2 N–H and O–H groups in total. The number of hydrogen-bond acceptors (Lipinski definition) is 2. The van der Waals surface area contributed by atoms with Crippen molar-refractivity contribution in [2.24, 2.45) is 17.3 Å². The molecule has 2 rings (SSSR count). The first-order valence-corrected chi connectivity index (χ1v) is 7.65. The standard InChI is InChI=1S/C15H26ClN3/c1-10-13(16)14(17)19(18-10)9-11-5-7-12(8-6-11)15(2,3)4/h11-12H,5-9,17H2,1-4H3. The highest BCUT2D eigenvalue weighted by atomic mass is 35.5. The summed E-state index contributed by atoms with van der Waals surface area (Å²) in [5.41, 5.74) is 7.26. The quantitative estimate of drug-likeness (QED) is 0.880. The second kappa shape index (κ2) is 5.35. The van der Waals surface area contributed by atoms with Gasteiger partial charge in [-0.2, -0.15) is 5.10 Å². The molecule has 1 heterocycles. The van der Waals surface area contributed by atoms with Crippen molar-refractivity contribution in [1.29, 1.82) is 0 Å².